The zero-order valence-electron chi connectivity index (χ0n) is 15.0. The lowest BCUT2D eigenvalue weighted by molar-refractivity contribution is -0.133. The summed E-state index contributed by atoms with van der Waals surface area (Å²) < 4.78 is 10.8. The minimum atomic E-state index is -0.411. The van der Waals surface area contributed by atoms with E-state index in [9.17, 15) is 9.59 Å². The van der Waals surface area contributed by atoms with Gasteiger partial charge in [0, 0.05) is 10.7 Å². The van der Waals surface area contributed by atoms with Crippen LogP contribution >= 0.6 is 11.6 Å². The normalized spacial score (nSPS) is 13.0. The standard InChI is InChI=1S/C20H21ClN2O4/c1-2-3-10-26-16-7-5-15(6-8-16)22-19(24)12-23-13-20(25)27-18-9-4-14(21)11-17(18)23/h4-9,11H,2-3,10,12-13H2,1H3,(H,22,24). The number of hydrogen-bond donors (Lipinski definition) is 1. The molecule has 0 atom stereocenters. The molecule has 0 aromatic heterocycles. The molecular formula is C20H21ClN2O4. The van der Waals surface area contributed by atoms with Crippen LogP contribution in [-0.2, 0) is 9.59 Å². The Morgan fingerprint density at radius 1 is 1.26 bits per heavy atom. The average molecular weight is 389 g/mol. The van der Waals surface area contributed by atoms with Crippen molar-refractivity contribution in [2.24, 2.45) is 0 Å². The van der Waals surface area contributed by atoms with Crippen molar-refractivity contribution >= 4 is 34.9 Å². The molecule has 1 N–H and O–H groups in total. The second kappa shape index (κ2) is 8.77. The van der Waals surface area contributed by atoms with Gasteiger partial charge in [-0.05, 0) is 48.9 Å². The van der Waals surface area contributed by atoms with Crippen LogP contribution in [0.4, 0.5) is 11.4 Å². The molecule has 1 aliphatic heterocycles. The molecule has 7 heteroatoms. The molecule has 0 spiro atoms. The van der Waals surface area contributed by atoms with Crippen LogP contribution in [0.3, 0.4) is 0 Å². The average Bonchev–Trinajstić information content (AvgIpc) is 2.64. The maximum Gasteiger partial charge on any atom is 0.331 e. The SMILES string of the molecule is CCCCOc1ccc(NC(=O)CN2CC(=O)Oc3ccc(Cl)cc32)cc1. The Hall–Kier alpha value is -2.73. The first-order valence-corrected chi connectivity index (χ1v) is 9.21. The lowest BCUT2D eigenvalue weighted by atomic mass is 10.2. The summed E-state index contributed by atoms with van der Waals surface area (Å²) in [6, 6.07) is 12.2. The Labute approximate surface area is 163 Å². The number of unbranched alkanes of at least 4 members (excludes halogenated alkanes) is 1. The number of rotatable bonds is 7. The molecule has 3 rings (SSSR count). The van der Waals surface area contributed by atoms with Crippen LogP contribution in [0.5, 0.6) is 11.5 Å². The Bertz CT molecular complexity index is 823. The van der Waals surface area contributed by atoms with Gasteiger partial charge in [-0.15, -0.1) is 0 Å². The molecular weight excluding hydrogens is 368 g/mol. The third-order valence-corrected chi connectivity index (χ3v) is 4.28. The molecule has 2 aromatic carbocycles. The van der Waals surface area contributed by atoms with E-state index in [0.29, 0.717) is 28.8 Å². The highest BCUT2D eigenvalue weighted by Crippen LogP contribution is 2.34. The summed E-state index contributed by atoms with van der Waals surface area (Å²) >= 11 is 6.03. The van der Waals surface area contributed by atoms with Crippen molar-refractivity contribution in [1.82, 2.24) is 0 Å². The number of fused-ring (bicyclic) bond motifs is 1. The number of carbonyl (C=O) groups excluding carboxylic acids is 2. The third-order valence-electron chi connectivity index (χ3n) is 4.04. The van der Waals surface area contributed by atoms with Crippen molar-refractivity contribution < 1.29 is 19.1 Å². The molecule has 6 nitrogen and oxygen atoms in total. The summed E-state index contributed by atoms with van der Waals surface area (Å²) in [6.45, 7) is 2.79. The first-order valence-electron chi connectivity index (χ1n) is 8.83. The smallest absolute Gasteiger partial charge is 0.331 e. The van der Waals surface area contributed by atoms with E-state index < -0.39 is 5.97 Å². The van der Waals surface area contributed by atoms with Crippen molar-refractivity contribution in [1.29, 1.82) is 0 Å². The first kappa shape index (κ1) is 19.0. The van der Waals surface area contributed by atoms with Gasteiger partial charge in [-0.25, -0.2) is 4.79 Å². The second-order valence-corrected chi connectivity index (χ2v) is 6.65. The van der Waals surface area contributed by atoms with Gasteiger partial charge in [0.2, 0.25) is 5.91 Å². The molecule has 2 aromatic rings. The summed E-state index contributed by atoms with van der Waals surface area (Å²) in [5.41, 5.74) is 1.28. The number of nitrogens with one attached hydrogen (secondary N) is 1. The Morgan fingerprint density at radius 3 is 2.78 bits per heavy atom. The van der Waals surface area contributed by atoms with Crippen molar-refractivity contribution in [3.63, 3.8) is 0 Å². The van der Waals surface area contributed by atoms with E-state index in [1.165, 1.54) is 0 Å². The van der Waals surface area contributed by atoms with Crippen molar-refractivity contribution in [3.05, 3.63) is 47.5 Å². The van der Waals surface area contributed by atoms with Gasteiger partial charge in [-0.3, -0.25) is 4.79 Å². The molecule has 0 bridgehead atoms. The van der Waals surface area contributed by atoms with E-state index in [4.69, 9.17) is 21.1 Å². The van der Waals surface area contributed by atoms with E-state index in [2.05, 4.69) is 12.2 Å². The molecule has 1 heterocycles. The number of carbonyl (C=O) groups is 2. The predicted molar refractivity (Wildman–Crippen MR) is 105 cm³/mol. The molecule has 1 aliphatic rings. The maximum atomic E-state index is 12.4. The molecule has 0 aliphatic carbocycles. The third kappa shape index (κ3) is 5.14. The second-order valence-electron chi connectivity index (χ2n) is 6.22. The van der Waals surface area contributed by atoms with E-state index in [-0.39, 0.29) is 19.0 Å². The summed E-state index contributed by atoms with van der Waals surface area (Å²) in [5, 5.41) is 3.33. The maximum absolute atomic E-state index is 12.4. The summed E-state index contributed by atoms with van der Waals surface area (Å²) in [4.78, 5) is 25.8. The number of halogens is 1. The fourth-order valence-electron chi connectivity index (χ4n) is 2.70. The predicted octanol–water partition coefficient (Wildman–Crippen LogP) is 3.88. The van der Waals surface area contributed by atoms with Gasteiger partial charge in [0.25, 0.3) is 0 Å². The van der Waals surface area contributed by atoms with Gasteiger partial charge in [0.1, 0.15) is 12.3 Å². The van der Waals surface area contributed by atoms with E-state index in [1.807, 2.05) is 12.1 Å². The molecule has 0 unspecified atom stereocenters. The van der Waals surface area contributed by atoms with Gasteiger partial charge >= 0.3 is 5.97 Å². The van der Waals surface area contributed by atoms with Gasteiger partial charge in [0.15, 0.2) is 5.75 Å². The minimum absolute atomic E-state index is 0.00896. The molecule has 27 heavy (non-hydrogen) atoms. The highest BCUT2D eigenvalue weighted by atomic mass is 35.5. The van der Waals surface area contributed by atoms with Gasteiger partial charge in [-0.2, -0.15) is 0 Å². The van der Waals surface area contributed by atoms with Crippen molar-refractivity contribution in [2.75, 3.05) is 29.9 Å². The number of ether oxygens (including phenoxy) is 2. The Balaban J connectivity index is 1.61. The van der Waals surface area contributed by atoms with Crippen molar-refractivity contribution in [3.8, 4) is 11.5 Å². The lowest BCUT2D eigenvalue weighted by Gasteiger charge is -2.29. The van der Waals surface area contributed by atoms with Crippen LogP contribution in [0.1, 0.15) is 19.8 Å². The van der Waals surface area contributed by atoms with E-state index in [1.54, 1.807) is 35.2 Å². The number of esters is 1. The fourth-order valence-corrected chi connectivity index (χ4v) is 2.87. The number of benzene rings is 2. The van der Waals surface area contributed by atoms with Crippen LogP contribution in [0.2, 0.25) is 5.02 Å². The Kier molecular flexibility index (Phi) is 6.19. The molecule has 0 saturated heterocycles. The highest BCUT2D eigenvalue weighted by molar-refractivity contribution is 6.31. The number of amides is 1. The quantitative estimate of drug-likeness (QED) is 0.443. The largest absolute Gasteiger partial charge is 0.494 e. The zero-order chi connectivity index (χ0) is 19.2. The summed E-state index contributed by atoms with van der Waals surface area (Å²) in [7, 11) is 0. The monoisotopic (exact) mass is 388 g/mol. The summed E-state index contributed by atoms with van der Waals surface area (Å²) in [5.74, 6) is 0.516. The lowest BCUT2D eigenvalue weighted by Crippen LogP contribution is -2.41. The fraction of sp³-hybridized carbons (Fsp3) is 0.300. The van der Waals surface area contributed by atoms with E-state index >= 15 is 0 Å². The number of nitrogens with zero attached hydrogens (tertiary/aromatic N) is 1. The minimum Gasteiger partial charge on any atom is -0.494 e. The zero-order valence-corrected chi connectivity index (χ0v) is 15.8. The van der Waals surface area contributed by atoms with E-state index in [0.717, 1.165) is 18.6 Å². The van der Waals surface area contributed by atoms with Gasteiger partial charge < -0.3 is 19.7 Å². The van der Waals surface area contributed by atoms with Crippen LogP contribution in [0, 0.1) is 0 Å². The Morgan fingerprint density at radius 2 is 2.04 bits per heavy atom. The number of anilines is 2. The summed E-state index contributed by atoms with van der Waals surface area (Å²) in [6.07, 6.45) is 2.08. The first-order chi connectivity index (χ1) is 13.0. The van der Waals surface area contributed by atoms with Crippen LogP contribution in [0.15, 0.2) is 42.5 Å². The molecule has 0 radical (unpaired) electrons. The molecule has 0 saturated carbocycles. The molecule has 0 fully saturated rings. The molecule has 1 amide bonds. The van der Waals surface area contributed by atoms with Crippen LogP contribution in [-0.4, -0.2) is 31.6 Å². The topological polar surface area (TPSA) is 67.9 Å². The molecule has 142 valence electrons. The van der Waals surface area contributed by atoms with Crippen LogP contribution in [0.25, 0.3) is 0 Å². The van der Waals surface area contributed by atoms with Crippen molar-refractivity contribution in [2.45, 2.75) is 19.8 Å². The van der Waals surface area contributed by atoms with Gasteiger partial charge in [-0.1, -0.05) is 24.9 Å². The van der Waals surface area contributed by atoms with Gasteiger partial charge in [0.05, 0.1) is 18.8 Å². The number of hydrogen-bond acceptors (Lipinski definition) is 5. The van der Waals surface area contributed by atoms with Crippen LogP contribution < -0.4 is 19.7 Å². The highest BCUT2D eigenvalue weighted by Gasteiger charge is 2.26.